The minimum absolute atomic E-state index is 0.113. The number of rotatable bonds is 2. The van der Waals surface area contributed by atoms with Crippen LogP contribution in [0.4, 0.5) is 0 Å². The Morgan fingerprint density at radius 2 is 2.00 bits per heavy atom. The smallest absolute Gasteiger partial charge is 0.231 e. The third-order valence-corrected chi connectivity index (χ3v) is 4.14. The Balaban J connectivity index is 1.54. The highest BCUT2D eigenvalue weighted by Gasteiger charge is 2.33. The SMILES string of the molecule is NC1CCCC1c1nc(C2COc3ccccc3O2)no1. The summed E-state index contributed by atoms with van der Waals surface area (Å²) < 4.78 is 16.9. The fraction of sp³-hybridized carbons (Fsp3) is 0.467. The van der Waals surface area contributed by atoms with Crippen molar-refractivity contribution in [2.45, 2.75) is 37.3 Å². The van der Waals surface area contributed by atoms with E-state index in [1.807, 2.05) is 24.3 Å². The summed E-state index contributed by atoms with van der Waals surface area (Å²) in [7, 11) is 0. The number of nitrogens with zero attached hydrogens (tertiary/aromatic N) is 2. The molecule has 2 aliphatic rings. The van der Waals surface area contributed by atoms with E-state index in [1.165, 1.54) is 0 Å². The molecule has 0 bridgehead atoms. The number of ether oxygens (including phenoxy) is 2. The van der Waals surface area contributed by atoms with Gasteiger partial charge in [0.15, 0.2) is 17.6 Å². The molecule has 1 saturated carbocycles. The largest absolute Gasteiger partial charge is 0.485 e. The van der Waals surface area contributed by atoms with Gasteiger partial charge < -0.3 is 19.7 Å². The van der Waals surface area contributed by atoms with E-state index in [9.17, 15) is 0 Å². The van der Waals surface area contributed by atoms with E-state index in [2.05, 4.69) is 10.1 Å². The number of fused-ring (bicyclic) bond motifs is 1. The van der Waals surface area contributed by atoms with Gasteiger partial charge in [-0.05, 0) is 25.0 Å². The molecule has 4 rings (SSSR count). The number of hydrogen-bond donors (Lipinski definition) is 1. The van der Waals surface area contributed by atoms with Crippen molar-refractivity contribution in [2.75, 3.05) is 6.61 Å². The monoisotopic (exact) mass is 287 g/mol. The highest BCUT2D eigenvalue weighted by Crippen LogP contribution is 2.36. The normalized spacial score (nSPS) is 27.8. The number of benzene rings is 1. The molecular formula is C15H17N3O3. The first-order valence-corrected chi connectivity index (χ1v) is 7.29. The van der Waals surface area contributed by atoms with Crippen LogP contribution in [-0.2, 0) is 0 Å². The maximum atomic E-state index is 6.08. The summed E-state index contributed by atoms with van der Waals surface area (Å²) >= 11 is 0. The highest BCUT2D eigenvalue weighted by molar-refractivity contribution is 5.40. The highest BCUT2D eigenvalue weighted by atomic mass is 16.6. The van der Waals surface area contributed by atoms with Crippen LogP contribution in [-0.4, -0.2) is 22.8 Å². The zero-order chi connectivity index (χ0) is 14.2. The van der Waals surface area contributed by atoms with Gasteiger partial charge in [-0.1, -0.05) is 23.7 Å². The maximum absolute atomic E-state index is 6.08. The second kappa shape index (κ2) is 5.04. The quantitative estimate of drug-likeness (QED) is 0.911. The molecule has 0 radical (unpaired) electrons. The molecule has 1 aromatic carbocycles. The summed E-state index contributed by atoms with van der Waals surface area (Å²) in [5.74, 6) is 2.77. The predicted octanol–water partition coefficient (Wildman–Crippen LogP) is 2.18. The van der Waals surface area contributed by atoms with Gasteiger partial charge >= 0.3 is 0 Å². The minimum atomic E-state index is -0.338. The molecule has 3 atom stereocenters. The average Bonchev–Trinajstić information content (AvgIpc) is 3.15. The summed E-state index contributed by atoms with van der Waals surface area (Å²) in [6.07, 6.45) is 2.79. The van der Waals surface area contributed by atoms with Crippen LogP contribution in [0.5, 0.6) is 11.5 Å². The lowest BCUT2D eigenvalue weighted by Crippen LogP contribution is -2.24. The first-order valence-electron chi connectivity index (χ1n) is 7.29. The third-order valence-electron chi connectivity index (χ3n) is 4.14. The summed E-state index contributed by atoms with van der Waals surface area (Å²) in [6, 6.07) is 7.68. The van der Waals surface area contributed by atoms with E-state index in [0.717, 1.165) is 25.0 Å². The lowest BCUT2D eigenvalue weighted by Gasteiger charge is -2.24. The zero-order valence-corrected chi connectivity index (χ0v) is 11.6. The Kier molecular flexibility index (Phi) is 3.03. The van der Waals surface area contributed by atoms with E-state index < -0.39 is 0 Å². The van der Waals surface area contributed by atoms with Gasteiger partial charge in [-0.25, -0.2) is 0 Å². The van der Waals surface area contributed by atoms with E-state index in [4.69, 9.17) is 19.7 Å². The lowest BCUT2D eigenvalue weighted by atomic mass is 10.1. The van der Waals surface area contributed by atoms with Gasteiger partial charge in [-0.2, -0.15) is 4.98 Å². The molecule has 21 heavy (non-hydrogen) atoms. The fourth-order valence-electron chi connectivity index (χ4n) is 2.97. The van der Waals surface area contributed by atoms with Crippen LogP contribution in [0.3, 0.4) is 0 Å². The molecule has 1 aliphatic heterocycles. The topological polar surface area (TPSA) is 83.4 Å². The summed E-state index contributed by atoms with van der Waals surface area (Å²) in [5.41, 5.74) is 6.08. The van der Waals surface area contributed by atoms with E-state index in [0.29, 0.717) is 24.1 Å². The summed E-state index contributed by atoms with van der Waals surface area (Å²) in [4.78, 5) is 4.48. The Morgan fingerprint density at radius 3 is 2.81 bits per heavy atom. The first-order chi connectivity index (χ1) is 10.3. The second-order valence-corrected chi connectivity index (χ2v) is 5.56. The molecule has 0 spiro atoms. The fourth-order valence-corrected chi connectivity index (χ4v) is 2.97. The molecule has 2 N–H and O–H groups in total. The van der Waals surface area contributed by atoms with Gasteiger partial charge in [0.05, 0.1) is 5.92 Å². The van der Waals surface area contributed by atoms with Crippen molar-refractivity contribution in [3.8, 4) is 11.5 Å². The van der Waals surface area contributed by atoms with Crippen molar-refractivity contribution in [3.05, 3.63) is 36.0 Å². The Bertz CT molecular complexity index is 643. The van der Waals surface area contributed by atoms with Crippen LogP contribution in [0.25, 0.3) is 0 Å². The van der Waals surface area contributed by atoms with Crippen LogP contribution < -0.4 is 15.2 Å². The molecular weight excluding hydrogens is 270 g/mol. The van der Waals surface area contributed by atoms with Crippen LogP contribution in [0.2, 0.25) is 0 Å². The summed E-state index contributed by atoms with van der Waals surface area (Å²) in [6.45, 7) is 0.382. The second-order valence-electron chi connectivity index (χ2n) is 5.56. The third kappa shape index (κ3) is 2.25. The molecule has 3 unspecified atom stereocenters. The first kappa shape index (κ1) is 12.6. The Morgan fingerprint density at radius 1 is 1.14 bits per heavy atom. The van der Waals surface area contributed by atoms with E-state index in [-0.39, 0.29) is 18.1 Å². The molecule has 6 heteroatoms. The predicted molar refractivity (Wildman–Crippen MR) is 74.2 cm³/mol. The van der Waals surface area contributed by atoms with Gasteiger partial charge in [0.25, 0.3) is 0 Å². The number of nitrogens with two attached hydrogens (primary N) is 1. The van der Waals surface area contributed by atoms with Gasteiger partial charge in [0, 0.05) is 6.04 Å². The molecule has 6 nitrogen and oxygen atoms in total. The van der Waals surface area contributed by atoms with Gasteiger partial charge in [-0.15, -0.1) is 0 Å². The standard InChI is InChI=1S/C15H17N3O3/c16-10-5-3-4-9(10)15-17-14(18-21-15)13-8-19-11-6-1-2-7-12(11)20-13/h1-2,6-7,9-10,13H,3-5,8,16H2. The zero-order valence-electron chi connectivity index (χ0n) is 11.6. The van der Waals surface area contributed by atoms with Crippen LogP contribution in [0.1, 0.15) is 43.0 Å². The van der Waals surface area contributed by atoms with Crippen molar-refractivity contribution < 1.29 is 14.0 Å². The van der Waals surface area contributed by atoms with Crippen molar-refractivity contribution in [1.82, 2.24) is 10.1 Å². The van der Waals surface area contributed by atoms with Crippen LogP contribution >= 0.6 is 0 Å². The maximum Gasteiger partial charge on any atom is 0.231 e. The van der Waals surface area contributed by atoms with Gasteiger partial charge in [0.1, 0.15) is 6.61 Å². The molecule has 1 aromatic heterocycles. The number of para-hydroxylation sites is 2. The molecule has 0 amide bonds. The minimum Gasteiger partial charge on any atom is -0.485 e. The van der Waals surface area contributed by atoms with Crippen molar-refractivity contribution in [2.24, 2.45) is 5.73 Å². The average molecular weight is 287 g/mol. The van der Waals surface area contributed by atoms with Crippen LogP contribution in [0.15, 0.2) is 28.8 Å². The number of hydrogen-bond acceptors (Lipinski definition) is 6. The lowest BCUT2D eigenvalue weighted by molar-refractivity contribution is 0.0832. The van der Waals surface area contributed by atoms with Crippen molar-refractivity contribution in [1.29, 1.82) is 0 Å². The molecule has 2 aromatic rings. The molecule has 1 fully saturated rings. The van der Waals surface area contributed by atoms with Crippen molar-refractivity contribution >= 4 is 0 Å². The molecule has 110 valence electrons. The summed E-state index contributed by atoms with van der Waals surface area (Å²) in [5, 5.41) is 4.05. The molecule has 2 heterocycles. The van der Waals surface area contributed by atoms with Gasteiger partial charge in [-0.3, -0.25) is 0 Å². The van der Waals surface area contributed by atoms with E-state index >= 15 is 0 Å². The molecule has 0 saturated heterocycles. The Labute approximate surface area is 122 Å². The van der Waals surface area contributed by atoms with E-state index in [1.54, 1.807) is 0 Å². The van der Waals surface area contributed by atoms with Crippen molar-refractivity contribution in [3.63, 3.8) is 0 Å². The van der Waals surface area contributed by atoms with Crippen LogP contribution in [0, 0.1) is 0 Å². The number of aromatic nitrogens is 2. The Hall–Kier alpha value is -2.08. The van der Waals surface area contributed by atoms with Gasteiger partial charge in [0.2, 0.25) is 11.7 Å². The molecule has 1 aliphatic carbocycles.